The maximum Gasteiger partial charge on any atom is 0.255 e. The molecule has 6 rings (SSSR count). The second-order valence-electron chi connectivity index (χ2n) is 11.2. The SMILES string of the molecule is CC(C)CCNC(=O)C(Cc1ccccc1)NC(=O)C1Cc2c([nH]c3ccccc23)C2c3ccccc3C(=O)N12. The molecule has 0 radical (unpaired) electrons. The molecule has 0 aliphatic carbocycles. The van der Waals surface area contributed by atoms with E-state index in [9.17, 15) is 14.4 Å². The van der Waals surface area contributed by atoms with Crippen LogP contribution in [0.25, 0.3) is 10.9 Å². The predicted octanol–water partition coefficient (Wildman–Crippen LogP) is 4.53. The van der Waals surface area contributed by atoms with E-state index in [1.165, 1.54) is 0 Å². The highest BCUT2D eigenvalue weighted by atomic mass is 16.2. The molecule has 0 bridgehead atoms. The van der Waals surface area contributed by atoms with Crippen molar-refractivity contribution in [1.82, 2.24) is 20.5 Å². The first kappa shape index (κ1) is 25.9. The maximum absolute atomic E-state index is 14.1. The summed E-state index contributed by atoms with van der Waals surface area (Å²) in [5.74, 6) is -0.239. The van der Waals surface area contributed by atoms with Crippen molar-refractivity contribution in [3.63, 3.8) is 0 Å². The van der Waals surface area contributed by atoms with Crippen molar-refractivity contribution in [2.75, 3.05) is 6.54 Å². The van der Waals surface area contributed by atoms with Crippen LogP contribution >= 0.6 is 0 Å². The van der Waals surface area contributed by atoms with E-state index in [-0.39, 0.29) is 23.8 Å². The minimum atomic E-state index is -0.759. The molecule has 2 aliphatic rings. The molecule has 0 saturated heterocycles. The molecule has 3 aromatic carbocycles. The molecule has 3 atom stereocenters. The number of hydrogen-bond acceptors (Lipinski definition) is 3. The third-order valence-electron chi connectivity index (χ3n) is 8.09. The summed E-state index contributed by atoms with van der Waals surface area (Å²) < 4.78 is 0. The molecule has 3 N–H and O–H groups in total. The van der Waals surface area contributed by atoms with Gasteiger partial charge in [0.2, 0.25) is 11.8 Å². The Kier molecular flexibility index (Phi) is 6.88. The summed E-state index contributed by atoms with van der Waals surface area (Å²) in [6.07, 6.45) is 1.59. The molecule has 40 heavy (non-hydrogen) atoms. The topological polar surface area (TPSA) is 94.3 Å². The van der Waals surface area contributed by atoms with Gasteiger partial charge in [-0.05, 0) is 41.2 Å². The number of carbonyl (C=O) groups excluding carboxylic acids is 3. The van der Waals surface area contributed by atoms with Crippen LogP contribution in [0.2, 0.25) is 0 Å². The Morgan fingerprint density at radius 2 is 1.70 bits per heavy atom. The van der Waals surface area contributed by atoms with Crippen LogP contribution in [-0.2, 0) is 22.4 Å². The number of benzene rings is 3. The molecule has 0 fully saturated rings. The first-order valence-corrected chi connectivity index (χ1v) is 14.1. The molecule has 4 aromatic rings. The normalized spacial score (nSPS) is 18.3. The smallest absolute Gasteiger partial charge is 0.255 e. The number of nitrogens with one attached hydrogen (secondary N) is 3. The molecule has 7 nitrogen and oxygen atoms in total. The number of aromatic amines is 1. The Balaban J connectivity index is 1.34. The highest BCUT2D eigenvalue weighted by Gasteiger charge is 2.49. The van der Waals surface area contributed by atoms with Crippen LogP contribution in [0.15, 0.2) is 78.9 Å². The van der Waals surface area contributed by atoms with Gasteiger partial charge in [-0.1, -0.05) is 80.6 Å². The summed E-state index contributed by atoms with van der Waals surface area (Å²) in [6.45, 7) is 4.76. The summed E-state index contributed by atoms with van der Waals surface area (Å²) in [6, 6.07) is 23.4. The third kappa shape index (κ3) is 4.66. The summed E-state index contributed by atoms with van der Waals surface area (Å²) in [5.41, 5.74) is 5.45. The number of amides is 3. The van der Waals surface area contributed by atoms with E-state index < -0.39 is 12.1 Å². The van der Waals surface area contributed by atoms with E-state index in [0.29, 0.717) is 30.9 Å². The minimum Gasteiger partial charge on any atom is -0.356 e. The highest BCUT2D eigenvalue weighted by molar-refractivity contribution is 6.04. The van der Waals surface area contributed by atoms with Gasteiger partial charge in [0.15, 0.2) is 0 Å². The van der Waals surface area contributed by atoms with Crippen LogP contribution in [0.5, 0.6) is 0 Å². The second kappa shape index (κ2) is 10.6. The van der Waals surface area contributed by atoms with Gasteiger partial charge in [0.25, 0.3) is 5.91 Å². The lowest BCUT2D eigenvalue weighted by atomic mass is 9.89. The largest absolute Gasteiger partial charge is 0.356 e. The van der Waals surface area contributed by atoms with E-state index in [0.717, 1.165) is 39.7 Å². The first-order valence-electron chi connectivity index (χ1n) is 14.1. The van der Waals surface area contributed by atoms with Gasteiger partial charge >= 0.3 is 0 Å². The van der Waals surface area contributed by atoms with Gasteiger partial charge in [-0.15, -0.1) is 0 Å². The molecule has 204 valence electrons. The molecule has 0 spiro atoms. The van der Waals surface area contributed by atoms with Crippen LogP contribution in [0.4, 0.5) is 0 Å². The van der Waals surface area contributed by atoms with Crippen LogP contribution < -0.4 is 10.6 Å². The quantitative estimate of drug-likeness (QED) is 0.310. The van der Waals surface area contributed by atoms with E-state index in [1.54, 1.807) is 4.90 Å². The average Bonchev–Trinajstić information content (AvgIpc) is 3.48. The zero-order chi connectivity index (χ0) is 27.8. The number of aromatic nitrogens is 1. The second-order valence-corrected chi connectivity index (χ2v) is 11.2. The summed E-state index contributed by atoms with van der Waals surface area (Å²) in [5, 5.41) is 7.11. The van der Waals surface area contributed by atoms with Crippen molar-refractivity contribution in [2.45, 2.75) is 51.2 Å². The lowest BCUT2D eigenvalue weighted by Crippen LogP contribution is -2.57. The Hall–Kier alpha value is -4.39. The number of para-hydroxylation sites is 1. The zero-order valence-corrected chi connectivity index (χ0v) is 22.8. The summed E-state index contributed by atoms with van der Waals surface area (Å²) in [4.78, 5) is 46.4. The minimum absolute atomic E-state index is 0.161. The lowest BCUT2D eigenvalue weighted by Gasteiger charge is -2.37. The van der Waals surface area contributed by atoms with Gasteiger partial charge in [-0.25, -0.2) is 0 Å². The molecule has 1 aromatic heterocycles. The van der Waals surface area contributed by atoms with Crippen molar-refractivity contribution in [1.29, 1.82) is 0 Å². The highest BCUT2D eigenvalue weighted by Crippen LogP contribution is 2.46. The number of carbonyl (C=O) groups is 3. The molecule has 2 aliphatic heterocycles. The fourth-order valence-electron chi connectivity index (χ4n) is 6.07. The molecule has 7 heteroatoms. The fraction of sp³-hybridized carbons (Fsp3) is 0.303. The van der Waals surface area contributed by atoms with Crippen LogP contribution in [0.3, 0.4) is 0 Å². The zero-order valence-electron chi connectivity index (χ0n) is 22.8. The molecule has 3 amide bonds. The van der Waals surface area contributed by atoms with E-state index in [2.05, 4.69) is 35.5 Å². The predicted molar refractivity (Wildman–Crippen MR) is 155 cm³/mol. The van der Waals surface area contributed by atoms with Crippen molar-refractivity contribution in [3.8, 4) is 0 Å². The van der Waals surface area contributed by atoms with Crippen molar-refractivity contribution in [3.05, 3.63) is 107 Å². The van der Waals surface area contributed by atoms with Crippen LogP contribution in [0.1, 0.15) is 59.1 Å². The van der Waals surface area contributed by atoms with Gasteiger partial charge in [-0.2, -0.15) is 0 Å². The van der Waals surface area contributed by atoms with Crippen LogP contribution in [0, 0.1) is 5.92 Å². The first-order chi connectivity index (χ1) is 19.4. The number of hydrogen-bond donors (Lipinski definition) is 3. The van der Waals surface area contributed by atoms with Crippen molar-refractivity contribution in [2.24, 2.45) is 5.92 Å². The Morgan fingerprint density at radius 1 is 0.975 bits per heavy atom. The van der Waals surface area contributed by atoms with Gasteiger partial charge in [0.1, 0.15) is 12.1 Å². The molecular formula is C33H34N4O3. The van der Waals surface area contributed by atoms with Crippen molar-refractivity contribution < 1.29 is 14.4 Å². The summed E-state index contributed by atoms with van der Waals surface area (Å²) in [7, 11) is 0. The Labute approximate surface area is 234 Å². The third-order valence-corrected chi connectivity index (χ3v) is 8.09. The van der Waals surface area contributed by atoms with E-state index in [1.807, 2.05) is 72.8 Å². The monoisotopic (exact) mass is 534 g/mol. The molecule has 3 heterocycles. The lowest BCUT2D eigenvalue weighted by molar-refractivity contribution is -0.132. The molecule has 3 unspecified atom stereocenters. The Morgan fingerprint density at radius 3 is 2.50 bits per heavy atom. The number of nitrogens with zero attached hydrogens (tertiary/aromatic N) is 1. The Bertz CT molecular complexity index is 1580. The molecule has 0 saturated carbocycles. The maximum atomic E-state index is 14.1. The number of rotatable bonds is 8. The van der Waals surface area contributed by atoms with E-state index in [4.69, 9.17) is 0 Å². The van der Waals surface area contributed by atoms with Gasteiger partial charge < -0.3 is 20.5 Å². The van der Waals surface area contributed by atoms with Gasteiger partial charge in [0, 0.05) is 41.5 Å². The van der Waals surface area contributed by atoms with Crippen LogP contribution in [-0.4, -0.2) is 46.2 Å². The van der Waals surface area contributed by atoms with Gasteiger partial charge in [-0.3, -0.25) is 14.4 Å². The fourth-order valence-corrected chi connectivity index (χ4v) is 6.07. The average molecular weight is 535 g/mol. The van der Waals surface area contributed by atoms with Crippen molar-refractivity contribution >= 4 is 28.6 Å². The number of fused-ring (bicyclic) bond motifs is 7. The standard InChI is InChI=1S/C33H34N4O3/c1-20(2)16-17-34-31(38)27(18-21-10-4-3-5-11-21)36-32(39)28-19-25-22-12-8-9-15-26(22)35-29(25)30-23-13-6-7-14-24(23)33(40)37(28)30/h3-15,20,27-28,30,35H,16-19H2,1-2H3,(H,34,38)(H,36,39). The molecular weight excluding hydrogens is 500 g/mol. The van der Waals surface area contributed by atoms with E-state index >= 15 is 0 Å². The summed E-state index contributed by atoms with van der Waals surface area (Å²) >= 11 is 0. The number of H-pyrrole nitrogens is 1. The van der Waals surface area contributed by atoms with Gasteiger partial charge in [0.05, 0.1) is 6.04 Å².